The minimum absolute atomic E-state index is 0.129. The molecule has 0 aliphatic carbocycles. The summed E-state index contributed by atoms with van der Waals surface area (Å²) in [5.74, 6) is -0.476. The van der Waals surface area contributed by atoms with Crippen LogP contribution in [0.3, 0.4) is 0 Å². The Balaban J connectivity index is 2.87. The topological polar surface area (TPSA) is 90.4 Å². The molecule has 5 N–H and O–H groups in total. The fraction of sp³-hybridized carbons (Fsp3) is 0.533. The van der Waals surface area contributed by atoms with Crippen molar-refractivity contribution in [2.45, 2.75) is 52.1 Å². The Hall–Kier alpha value is -1.53. The summed E-state index contributed by atoms with van der Waals surface area (Å²) in [6.45, 7) is 12.9. The summed E-state index contributed by atoms with van der Waals surface area (Å²) in [7, 11) is -1.87. The van der Waals surface area contributed by atoms with Crippen LogP contribution < -0.4 is 16.8 Å². The van der Waals surface area contributed by atoms with Crippen LogP contribution in [-0.4, -0.2) is 20.5 Å². The molecule has 0 heterocycles. The van der Waals surface area contributed by atoms with Crippen LogP contribution in [0.15, 0.2) is 18.2 Å². The first-order chi connectivity index (χ1) is 9.44. The summed E-state index contributed by atoms with van der Waals surface area (Å²) < 4.78 is 6.22. The molecule has 0 spiro atoms. The smallest absolute Gasteiger partial charge is 0.248 e. The van der Waals surface area contributed by atoms with Crippen LogP contribution in [0.1, 0.15) is 38.1 Å². The van der Waals surface area contributed by atoms with Gasteiger partial charge in [0.05, 0.1) is 11.4 Å². The average Bonchev–Trinajstić information content (AvgIpc) is 2.29. The predicted octanol–water partition coefficient (Wildman–Crippen LogP) is 3.15. The molecular weight excluding hydrogens is 282 g/mol. The van der Waals surface area contributed by atoms with Crippen molar-refractivity contribution >= 4 is 25.6 Å². The summed E-state index contributed by atoms with van der Waals surface area (Å²) in [5.41, 5.74) is 12.9. The van der Waals surface area contributed by atoms with Crippen molar-refractivity contribution in [1.29, 1.82) is 0 Å². The first-order valence-electron chi connectivity index (χ1n) is 7.08. The van der Waals surface area contributed by atoms with E-state index in [0.29, 0.717) is 16.9 Å². The lowest BCUT2D eigenvalue weighted by Gasteiger charge is -2.38. The lowest BCUT2D eigenvalue weighted by molar-refractivity contribution is 0.100. The van der Waals surface area contributed by atoms with Gasteiger partial charge in [0.2, 0.25) is 5.91 Å². The third-order valence-corrected chi connectivity index (χ3v) is 8.53. The Morgan fingerprint density at radius 3 is 2.38 bits per heavy atom. The van der Waals surface area contributed by atoms with Crippen LogP contribution in [0.5, 0.6) is 0 Å². The highest BCUT2D eigenvalue weighted by atomic mass is 28.4. The van der Waals surface area contributed by atoms with Gasteiger partial charge in [-0.1, -0.05) is 20.8 Å². The molecule has 5 nitrogen and oxygen atoms in total. The summed E-state index contributed by atoms with van der Waals surface area (Å²) in [6, 6.07) is 4.94. The van der Waals surface area contributed by atoms with E-state index in [2.05, 4.69) is 39.2 Å². The molecule has 1 aromatic carbocycles. The number of rotatable bonds is 5. The van der Waals surface area contributed by atoms with Crippen molar-refractivity contribution < 1.29 is 9.22 Å². The normalized spacial score (nSPS) is 13.8. The second kappa shape index (κ2) is 6.07. The van der Waals surface area contributed by atoms with E-state index in [9.17, 15) is 4.79 Å². The van der Waals surface area contributed by atoms with Crippen LogP contribution in [0.25, 0.3) is 0 Å². The summed E-state index contributed by atoms with van der Waals surface area (Å²) in [6.07, 6.45) is -0.198. The lowest BCUT2D eigenvalue weighted by Crippen LogP contribution is -2.45. The van der Waals surface area contributed by atoms with Crippen molar-refractivity contribution in [3.8, 4) is 0 Å². The average molecular weight is 309 g/mol. The fourth-order valence-corrected chi connectivity index (χ4v) is 3.00. The molecule has 0 aliphatic rings. The highest BCUT2D eigenvalue weighted by molar-refractivity contribution is 6.74. The Morgan fingerprint density at radius 1 is 1.33 bits per heavy atom. The first kappa shape index (κ1) is 17.5. The minimum Gasteiger partial charge on any atom is -0.398 e. The zero-order chi connectivity index (χ0) is 16.4. The largest absolute Gasteiger partial charge is 0.398 e. The number of nitrogen functional groups attached to an aromatic ring is 1. The van der Waals surface area contributed by atoms with Crippen LogP contribution in [0, 0.1) is 0 Å². The van der Waals surface area contributed by atoms with E-state index >= 15 is 0 Å². The molecule has 0 saturated carbocycles. The Labute approximate surface area is 128 Å². The standard InChI is InChI=1S/C15H27N3O2Si/c1-10(20-21(5,6)15(2,3)4)18-13-9-11(14(17)19)7-8-12(13)16/h7-10,18H,16H2,1-6H3,(H2,17,19). The zero-order valence-corrected chi connectivity index (χ0v) is 14.8. The van der Waals surface area contributed by atoms with E-state index < -0.39 is 14.2 Å². The van der Waals surface area contributed by atoms with Crippen molar-refractivity contribution in [2.24, 2.45) is 5.73 Å². The minimum atomic E-state index is -1.87. The van der Waals surface area contributed by atoms with E-state index in [1.807, 2.05) is 6.92 Å². The first-order valence-corrected chi connectivity index (χ1v) is 9.98. The van der Waals surface area contributed by atoms with E-state index in [0.717, 1.165) is 0 Å². The fourth-order valence-electron chi connectivity index (χ4n) is 1.70. The number of hydrogen-bond donors (Lipinski definition) is 3. The van der Waals surface area contributed by atoms with E-state index in [1.54, 1.807) is 18.2 Å². The summed E-state index contributed by atoms with van der Waals surface area (Å²) in [4.78, 5) is 11.2. The maximum absolute atomic E-state index is 11.2. The number of carbonyl (C=O) groups excluding carboxylic acids is 1. The highest BCUT2D eigenvalue weighted by Crippen LogP contribution is 2.37. The molecule has 118 valence electrons. The van der Waals surface area contributed by atoms with Gasteiger partial charge in [0.1, 0.15) is 6.23 Å². The number of nitrogens with one attached hydrogen (secondary N) is 1. The molecule has 21 heavy (non-hydrogen) atoms. The molecule has 1 aromatic rings. The molecular formula is C15H27N3O2Si. The van der Waals surface area contributed by atoms with Gasteiger partial charge in [0.25, 0.3) is 0 Å². The van der Waals surface area contributed by atoms with Gasteiger partial charge >= 0.3 is 0 Å². The Bertz CT molecular complexity index is 524. The molecule has 1 unspecified atom stereocenters. The van der Waals surface area contributed by atoms with Gasteiger partial charge in [-0.25, -0.2) is 0 Å². The van der Waals surface area contributed by atoms with Gasteiger partial charge in [0, 0.05) is 5.56 Å². The van der Waals surface area contributed by atoms with Gasteiger partial charge < -0.3 is 21.2 Å². The number of amides is 1. The van der Waals surface area contributed by atoms with Crippen molar-refractivity contribution in [3.63, 3.8) is 0 Å². The maximum Gasteiger partial charge on any atom is 0.248 e. The van der Waals surface area contributed by atoms with Crippen molar-refractivity contribution in [3.05, 3.63) is 23.8 Å². The number of hydrogen-bond acceptors (Lipinski definition) is 4. The molecule has 0 saturated heterocycles. The summed E-state index contributed by atoms with van der Waals surface area (Å²) in [5, 5.41) is 3.34. The highest BCUT2D eigenvalue weighted by Gasteiger charge is 2.38. The van der Waals surface area contributed by atoms with Gasteiger partial charge in [-0.2, -0.15) is 0 Å². The van der Waals surface area contributed by atoms with E-state index in [-0.39, 0.29) is 11.3 Å². The van der Waals surface area contributed by atoms with Crippen molar-refractivity contribution in [1.82, 2.24) is 0 Å². The third-order valence-electron chi connectivity index (χ3n) is 3.97. The Morgan fingerprint density at radius 2 is 1.90 bits per heavy atom. The number of benzene rings is 1. The molecule has 1 amide bonds. The van der Waals surface area contributed by atoms with Crippen LogP contribution in [-0.2, 0) is 4.43 Å². The SMILES string of the molecule is CC(Nc1cc(C(N)=O)ccc1N)O[Si](C)(C)C(C)(C)C. The summed E-state index contributed by atoms with van der Waals surface area (Å²) >= 11 is 0. The molecule has 1 rings (SSSR count). The molecule has 0 fully saturated rings. The second-order valence-electron chi connectivity index (χ2n) is 6.83. The number of carbonyl (C=O) groups is 1. The van der Waals surface area contributed by atoms with Gasteiger partial charge in [0.15, 0.2) is 8.32 Å². The lowest BCUT2D eigenvalue weighted by atomic mass is 10.1. The molecule has 0 radical (unpaired) electrons. The predicted molar refractivity (Wildman–Crippen MR) is 90.7 cm³/mol. The number of nitrogens with two attached hydrogens (primary N) is 2. The molecule has 1 atom stereocenters. The molecule has 0 bridgehead atoms. The molecule has 0 aliphatic heterocycles. The third kappa shape index (κ3) is 4.47. The zero-order valence-electron chi connectivity index (χ0n) is 13.8. The Kier molecular flexibility index (Phi) is 5.06. The van der Waals surface area contributed by atoms with Gasteiger partial charge in [-0.05, 0) is 43.3 Å². The van der Waals surface area contributed by atoms with Crippen LogP contribution in [0.4, 0.5) is 11.4 Å². The second-order valence-corrected chi connectivity index (χ2v) is 11.6. The van der Waals surface area contributed by atoms with E-state index in [4.69, 9.17) is 15.9 Å². The van der Waals surface area contributed by atoms with E-state index in [1.165, 1.54) is 0 Å². The molecule has 6 heteroatoms. The number of anilines is 2. The quantitative estimate of drug-likeness (QED) is 0.443. The monoisotopic (exact) mass is 309 g/mol. The number of primary amides is 1. The van der Waals surface area contributed by atoms with Gasteiger partial charge in [-0.15, -0.1) is 0 Å². The van der Waals surface area contributed by atoms with Crippen molar-refractivity contribution in [2.75, 3.05) is 11.1 Å². The maximum atomic E-state index is 11.2. The molecule has 0 aromatic heterocycles. The van der Waals surface area contributed by atoms with Gasteiger partial charge in [-0.3, -0.25) is 4.79 Å². The van der Waals surface area contributed by atoms with Crippen LogP contribution in [0.2, 0.25) is 18.1 Å². The van der Waals surface area contributed by atoms with Crippen LogP contribution >= 0.6 is 0 Å².